The third kappa shape index (κ3) is 1.84. The molecule has 0 amide bonds. The van der Waals surface area contributed by atoms with Crippen molar-refractivity contribution in [3.8, 4) is 0 Å². The zero-order valence-corrected chi connectivity index (χ0v) is 10.4. The van der Waals surface area contributed by atoms with Crippen LogP contribution >= 0.6 is 0 Å². The molecule has 0 bridgehead atoms. The monoisotopic (exact) mass is 262 g/mol. The fraction of sp³-hybridized carbons (Fsp3) is 0.385. The van der Waals surface area contributed by atoms with Crippen LogP contribution in [0, 0.1) is 0 Å². The van der Waals surface area contributed by atoms with Crippen LogP contribution in [0.15, 0.2) is 23.0 Å². The van der Waals surface area contributed by atoms with Gasteiger partial charge in [-0.05, 0) is 31.0 Å². The van der Waals surface area contributed by atoms with Crippen LogP contribution in [0.5, 0.6) is 0 Å². The molecule has 1 fully saturated rings. The van der Waals surface area contributed by atoms with Gasteiger partial charge in [0.1, 0.15) is 0 Å². The topological polar surface area (TPSA) is 84.3 Å². The molecule has 19 heavy (non-hydrogen) atoms. The van der Waals surface area contributed by atoms with E-state index in [0.717, 1.165) is 18.4 Å². The van der Waals surface area contributed by atoms with E-state index in [1.165, 1.54) is 12.1 Å². The molecule has 1 aromatic heterocycles. The Morgan fingerprint density at radius 3 is 2.84 bits per heavy atom. The molecule has 1 aliphatic carbocycles. The molecule has 2 aromatic rings. The van der Waals surface area contributed by atoms with E-state index in [-0.39, 0.29) is 23.4 Å². The zero-order chi connectivity index (χ0) is 13.6. The lowest BCUT2D eigenvalue weighted by molar-refractivity contribution is 0.00648. The molecular weight excluding hydrogens is 248 g/mol. The standard InChI is InChI=1S/C13H14N2O4/c1-19-9-5-8(6-9)15-11-3-2-7(12(16)17)4-10(11)14-13(15)18/h2-4,8-9H,5-6H2,1H3,(H,14,18)(H,16,17). The van der Waals surface area contributed by atoms with E-state index >= 15 is 0 Å². The number of nitrogens with one attached hydrogen (secondary N) is 1. The van der Waals surface area contributed by atoms with Gasteiger partial charge in [-0.1, -0.05) is 0 Å². The molecule has 2 N–H and O–H groups in total. The first-order valence-corrected chi connectivity index (χ1v) is 6.10. The largest absolute Gasteiger partial charge is 0.478 e. The molecule has 6 nitrogen and oxygen atoms in total. The molecule has 0 atom stereocenters. The third-order valence-corrected chi connectivity index (χ3v) is 3.73. The average molecular weight is 262 g/mol. The summed E-state index contributed by atoms with van der Waals surface area (Å²) in [6, 6.07) is 4.81. The van der Waals surface area contributed by atoms with E-state index in [0.29, 0.717) is 5.52 Å². The van der Waals surface area contributed by atoms with Crippen LogP contribution < -0.4 is 5.69 Å². The number of benzene rings is 1. The van der Waals surface area contributed by atoms with Gasteiger partial charge in [0, 0.05) is 13.2 Å². The molecule has 100 valence electrons. The van der Waals surface area contributed by atoms with Gasteiger partial charge in [0.25, 0.3) is 0 Å². The lowest BCUT2D eigenvalue weighted by atomic mass is 9.89. The number of hydrogen-bond acceptors (Lipinski definition) is 3. The number of rotatable bonds is 3. The number of aromatic nitrogens is 2. The lowest BCUT2D eigenvalue weighted by Gasteiger charge is -2.34. The summed E-state index contributed by atoms with van der Waals surface area (Å²) < 4.78 is 6.90. The van der Waals surface area contributed by atoms with Crippen molar-refractivity contribution in [2.75, 3.05) is 7.11 Å². The zero-order valence-electron chi connectivity index (χ0n) is 10.4. The van der Waals surface area contributed by atoms with E-state index < -0.39 is 5.97 Å². The highest BCUT2D eigenvalue weighted by Gasteiger charge is 2.32. The molecule has 0 saturated heterocycles. The predicted octanol–water partition coefficient (Wildman–Crippen LogP) is 1.38. The van der Waals surface area contributed by atoms with Crippen LogP contribution in [0.2, 0.25) is 0 Å². The Kier molecular flexibility index (Phi) is 2.67. The summed E-state index contributed by atoms with van der Waals surface area (Å²) in [6.45, 7) is 0. The summed E-state index contributed by atoms with van der Waals surface area (Å²) >= 11 is 0. The van der Waals surface area contributed by atoms with E-state index in [4.69, 9.17) is 9.84 Å². The highest BCUT2D eigenvalue weighted by molar-refractivity contribution is 5.92. The molecule has 6 heteroatoms. The van der Waals surface area contributed by atoms with Gasteiger partial charge in [-0.3, -0.25) is 4.57 Å². The third-order valence-electron chi connectivity index (χ3n) is 3.73. The van der Waals surface area contributed by atoms with Crippen molar-refractivity contribution in [3.63, 3.8) is 0 Å². The summed E-state index contributed by atoms with van der Waals surface area (Å²) in [4.78, 5) is 25.6. The lowest BCUT2D eigenvalue weighted by Crippen LogP contribution is -2.36. The summed E-state index contributed by atoms with van der Waals surface area (Å²) in [5, 5.41) is 8.94. The Labute approximate surface area is 108 Å². The van der Waals surface area contributed by atoms with Gasteiger partial charge < -0.3 is 14.8 Å². The number of aromatic amines is 1. The van der Waals surface area contributed by atoms with Crippen LogP contribution in [0.1, 0.15) is 29.2 Å². The normalized spacial score (nSPS) is 22.4. The minimum atomic E-state index is -1.00. The second-order valence-electron chi connectivity index (χ2n) is 4.82. The van der Waals surface area contributed by atoms with Crippen molar-refractivity contribution in [2.24, 2.45) is 0 Å². The van der Waals surface area contributed by atoms with E-state index in [2.05, 4.69) is 4.98 Å². The van der Waals surface area contributed by atoms with E-state index in [9.17, 15) is 9.59 Å². The number of hydrogen-bond donors (Lipinski definition) is 2. The number of nitrogens with zero attached hydrogens (tertiary/aromatic N) is 1. The number of carbonyl (C=O) groups is 1. The van der Waals surface area contributed by atoms with Crippen LogP contribution in [0.4, 0.5) is 0 Å². The molecule has 1 saturated carbocycles. The van der Waals surface area contributed by atoms with Crippen molar-refractivity contribution in [1.82, 2.24) is 9.55 Å². The number of aromatic carboxylic acids is 1. The quantitative estimate of drug-likeness (QED) is 0.875. The summed E-state index contributed by atoms with van der Waals surface area (Å²) in [5.41, 5.74) is 1.28. The van der Waals surface area contributed by atoms with Gasteiger partial charge in [-0.2, -0.15) is 0 Å². The first-order chi connectivity index (χ1) is 9.10. The van der Waals surface area contributed by atoms with Crippen molar-refractivity contribution < 1.29 is 14.6 Å². The van der Waals surface area contributed by atoms with E-state index in [1.54, 1.807) is 17.7 Å². The minimum Gasteiger partial charge on any atom is -0.478 e. The second-order valence-corrected chi connectivity index (χ2v) is 4.82. The molecule has 3 rings (SSSR count). The SMILES string of the molecule is COC1CC(n2c(=O)[nH]c3cc(C(=O)O)ccc32)C1. The highest BCUT2D eigenvalue weighted by atomic mass is 16.5. The molecular formula is C13H14N2O4. The Morgan fingerprint density at radius 1 is 1.47 bits per heavy atom. The van der Waals surface area contributed by atoms with Crippen LogP contribution in [0.25, 0.3) is 11.0 Å². The molecule has 0 radical (unpaired) electrons. The summed E-state index contributed by atoms with van der Waals surface area (Å²) in [7, 11) is 1.66. The summed E-state index contributed by atoms with van der Waals surface area (Å²) in [6.07, 6.45) is 1.83. The minimum absolute atomic E-state index is 0.127. The Morgan fingerprint density at radius 2 is 2.21 bits per heavy atom. The predicted molar refractivity (Wildman–Crippen MR) is 68.6 cm³/mol. The average Bonchev–Trinajstić information content (AvgIpc) is 2.64. The van der Waals surface area contributed by atoms with Gasteiger partial charge in [-0.15, -0.1) is 0 Å². The molecule has 0 aliphatic heterocycles. The Balaban J connectivity index is 2.04. The maximum atomic E-state index is 12.0. The number of fused-ring (bicyclic) bond motifs is 1. The summed E-state index contributed by atoms with van der Waals surface area (Å²) in [5.74, 6) is -1.00. The molecule has 0 unspecified atom stereocenters. The Bertz CT molecular complexity index is 694. The molecule has 0 spiro atoms. The number of ether oxygens (including phenoxy) is 1. The number of imidazole rings is 1. The number of methoxy groups -OCH3 is 1. The number of H-pyrrole nitrogens is 1. The number of carboxylic acids is 1. The van der Waals surface area contributed by atoms with Crippen molar-refractivity contribution in [2.45, 2.75) is 25.0 Å². The van der Waals surface area contributed by atoms with Gasteiger partial charge >= 0.3 is 11.7 Å². The van der Waals surface area contributed by atoms with Crippen LogP contribution in [0.3, 0.4) is 0 Å². The smallest absolute Gasteiger partial charge is 0.335 e. The first kappa shape index (κ1) is 12.0. The molecule has 1 aliphatic rings. The van der Waals surface area contributed by atoms with Crippen LogP contribution in [-0.2, 0) is 4.74 Å². The van der Waals surface area contributed by atoms with Crippen molar-refractivity contribution in [3.05, 3.63) is 34.2 Å². The molecule has 1 heterocycles. The van der Waals surface area contributed by atoms with E-state index in [1.807, 2.05) is 0 Å². The van der Waals surface area contributed by atoms with Gasteiger partial charge in [0.05, 0.1) is 22.7 Å². The highest BCUT2D eigenvalue weighted by Crippen LogP contribution is 2.34. The fourth-order valence-corrected chi connectivity index (χ4v) is 2.57. The van der Waals surface area contributed by atoms with Gasteiger partial charge in [0.2, 0.25) is 0 Å². The first-order valence-electron chi connectivity index (χ1n) is 6.10. The maximum Gasteiger partial charge on any atom is 0.335 e. The van der Waals surface area contributed by atoms with Gasteiger partial charge in [0.15, 0.2) is 0 Å². The number of carboxylic acid groups (broad SMARTS) is 1. The van der Waals surface area contributed by atoms with Crippen molar-refractivity contribution in [1.29, 1.82) is 0 Å². The van der Waals surface area contributed by atoms with Crippen LogP contribution in [-0.4, -0.2) is 33.8 Å². The second kappa shape index (κ2) is 4.24. The Hall–Kier alpha value is -2.08. The molecule has 1 aromatic carbocycles. The fourth-order valence-electron chi connectivity index (χ4n) is 2.57. The maximum absolute atomic E-state index is 12.0. The van der Waals surface area contributed by atoms with Gasteiger partial charge in [-0.25, -0.2) is 9.59 Å². The van der Waals surface area contributed by atoms with Crippen molar-refractivity contribution >= 4 is 17.0 Å².